The van der Waals surface area contributed by atoms with Crippen molar-refractivity contribution in [1.82, 2.24) is 10.6 Å². The van der Waals surface area contributed by atoms with Crippen LogP contribution in [0.5, 0.6) is 5.75 Å². The van der Waals surface area contributed by atoms with Crippen LogP contribution in [0.3, 0.4) is 0 Å². The van der Waals surface area contributed by atoms with Crippen LogP contribution in [-0.2, 0) is 0 Å². The van der Waals surface area contributed by atoms with Crippen molar-refractivity contribution in [2.45, 2.75) is 26.1 Å². The largest absolute Gasteiger partial charge is 0.573 e. The number of amides is 1. The van der Waals surface area contributed by atoms with Gasteiger partial charge in [-0.25, -0.2) is 0 Å². The first kappa shape index (κ1) is 16.6. The molecule has 1 aliphatic rings. The van der Waals surface area contributed by atoms with E-state index in [1.165, 1.54) is 12.1 Å². The predicted molar refractivity (Wildman–Crippen MR) is 75.7 cm³/mol. The Balaban J connectivity index is 1.89. The maximum Gasteiger partial charge on any atom is 0.573 e. The van der Waals surface area contributed by atoms with Crippen LogP contribution in [-0.4, -0.2) is 31.9 Å². The number of rotatable bonds is 4. The summed E-state index contributed by atoms with van der Waals surface area (Å²) in [6.45, 7) is 4.45. The van der Waals surface area contributed by atoms with Crippen molar-refractivity contribution in [3.63, 3.8) is 0 Å². The molecule has 4 nitrogen and oxygen atoms in total. The summed E-state index contributed by atoms with van der Waals surface area (Å²) in [5.74, 6) is -0.641. The lowest BCUT2D eigenvalue weighted by Gasteiger charge is -2.34. The van der Waals surface area contributed by atoms with E-state index < -0.39 is 6.36 Å². The standard InChI is InChI=1S/C15H19F3N2O2/c1-14(7-2-8-19-9-14)10-20-13(21)11-3-5-12(6-4-11)22-15(16,17)18/h3-6,19H,2,7-10H2,1H3,(H,20,21). The Morgan fingerprint density at radius 2 is 2.05 bits per heavy atom. The van der Waals surface area contributed by atoms with Crippen molar-refractivity contribution in [2.75, 3.05) is 19.6 Å². The lowest BCUT2D eigenvalue weighted by molar-refractivity contribution is -0.274. The smallest absolute Gasteiger partial charge is 0.406 e. The van der Waals surface area contributed by atoms with Crippen LogP contribution < -0.4 is 15.4 Å². The van der Waals surface area contributed by atoms with Gasteiger partial charge in [-0.3, -0.25) is 4.79 Å². The molecule has 1 heterocycles. The molecule has 2 rings (SSSR count). The van der Waals surface area contributed by atoms with Gasteiger partial charge in [0.2, 0.25) is 0 Å². The van der Waals surface area contributed by atoms with Gasteiger partial charge in [-0.2, -0.15) is 0 Å². The zero-order valence-electron chi connectivity index (χ0n) is 12.3. The van der Waals surface area contributed by atoms with Crippen molar-refractivity contribution >= 4 is 5.91 Å². The van der Waals surface area contributed by atoms with E-state index in [0.717, 1.165) is 38.1 Å². The van der Waals surface area contributed by atoms with Gasteiger partial charge in [0.05, 0.1) is 0 Å². The Morgan fingerprint density at radius 3 is 2.59 bits per heavy atom. The minimum absolute atomic E-state index is 0.00719. The van der Waals surface area contributed by atoms with Gasteiger partial charge in [-0.1, -0.05) is 6.92 Å². The molecule has 2 N–H and O–H groups in total. The second-order valence-corrected chi connectivity index (χ2v) is 5.85. The van der Waals surface area contributed by atoms with Crippen molar-refractivity contribution in [3.8, 4) is 5.75 Å². The molecule has 1 atom stereocenters. The molecule has 1 amide bonds. The topological polar surface area (TPSA) is 50.4 Å². The van der Waals surface area contributed by atoms with Crippen LogP contribution in [0.25, 0.3) is 0 Å². The average molecular weight is 316 g/mol. The molecular weight excluding hydrogens is 297 g/mol. The Kier molecular flexibility index (Phi) is 4.95. The van der Waals surface area contributed by atoms with Crippen molar-refractivity contribution < 1.29 is 22.7 Å². The second-order valence-electron chi connectivity index (χ2n) is 5.85. The van der Waals surface area contributed by atoms with Gasteiger partial charge in [0.15, 0.2) is 0 Å². The summed E-state index contributed by atoms with van der Waals surface area (Å²) in [5, 5.41) is 6.13. The lowest BCUT2D eigenvalue weighted by Crippen LogP contribution is -2.45. The fourth-order valence-electron chi connectivity index (χ4n) is 2.47. The summed E-state index contributed by atoms with van der Waals surface area (Å²) < 4.78 is 40.0. The molecule has 122 valence electrons. The summed E-state index contributed by atoms with van der Waals surface area (Å²) in [6, 6.07) is 4.90. The highest BCUT2D eigenvalue weighted by atomic mass is 19.4. The number of halogens is 3. The number of benzene rings is 1. The van der Waals surface area contributed by atoms with Crippen LogP contribution in [0.4, 0.5) is 13.2 Å². The van der Waals surface area contributed by atoms with Crippen LogP contribution in [0, 0.1) is 5.41 Å². The molecule has 0 aromatic heterocycles. The first-order chi connectivity index (χ1) is 10.3. The summed E-state index contributed by atoms with van der Waals surface area (Å²) in [7, 11) is 0. The monoisotopic (exact) mass is 316 g/mol. The van der Waals surface area contributed by atoms with E-state index in [9.17, 15) is 18.0 Å². The van der Waals surface area contributed by atoms with Gasteiger partial charge in [-0.05, 0) is 49.1 Å². The molecule has 0 spiro atoms. The summed E-state index contributed by atoms with van der Waals surface area (Å²) in [6.07, 6.45) is -2.64. The molecule has 1 aliphatic heterocycles. The molecule has 0 radical (unpaired) electrons. The summed E-state index contributed by atoms with van der Waals surface area (Å²) in [4.78, 5) is 12.0. The predicted octanol–water partition coefficient (Wildman–Crippen LogP) is 2.70. The SMILES string of the molecule is CC1(CNC(=O)c2ccc(OC(F)(F)F)cc2)CCCNC1. The van der Waals surface area contributed by atoms with Gasteiger partial charge in [0.25, 0.3) is 5.91 Å². The van der Waals surface area contributed by atoms with Crippen LogP contribution in [0.1, 0.15) is 30.1 Å². The molecule has 0 bridgehead atoms. The minimum Gasteiger partial charge on any atom is -0.406 e. The molecule has 0 aliphatic carbocycles. The molecular formula is C15H19F3N2O2. The lowest BCUT2D eigenvalue weighted by atomic mass is 9.83. The molecule has 0 saturated carbocycles. The zero-order chi connectivity index (χ0) is 16.2. The number of ether oxygens (including phenoxy) is 1. The Bertz CT molecular complexity index is 509. The fourth-order valence-corrected chi connectivity index (χ4v) is 2.47. The highest BCUT2D eigenvalue weighted by molar-refractivity contribution is 5.94. The van der Waals surface area contributed by atoms with E-state index in [1.54, 1.807) is 0 Å². The maximum absolute atomic E-state index is 12.1. The molecule has 22 heavy (non-hydrogen) atoms. The van der Waals surface area contributed by atoms with E-state index in [2.05, 4.69) is 22.3 Å². The number of alkyl halides is 3. The number of piperidine rings is 1. The van der Waals surface area contributed by atoms with Gasteiger partial charge in [0.1, 0.15) is 5.75 Å². The third kappa shape index (κ3) is 4.91. The normalized spacial score (nSPS) is 22.2. The minimum atomic E-state index is -4.73. The first-order valence-corrected chi connectivity index (χ1v) is 7.12. The van der Waals surface area contributed by atoms with E-state index in [4.69, 9.17) is 0 Å². The molecule has 1 aromatic carbocycles. The number of carbonyl (C=O) groups is 1. The van der Waals surface area contributed by atoms with E-state index in [0.29, 0.717) is 12.1 Å². The Hall–Kier alpha value is -1.76. The first-order valence-electron chi connectivity index (χ1n) is 7.12. The second kappa shape index (κ2) is 6.56. The summed E-state index contributed by atoms with van der Waals surface area (Å²) >= 11 is 0. The fraction of sp³-hybridized carbons (Fsp3) is 0.533. The van der Waals surface area contributed by atoms with Crippen molar-refractivity contribution in [2.24, 2.45) is 5.41 Å². The highest BCUT2D eigenvalue weighted by Crippen LogP contribution is 2.25. The Labute approximate surface area is 127 Å². The summed E-state index contributed by atoms with van der Waals surface area (Å²) in [5.41, 5.74) is 0.314. The number of nitrogens with one attached hydrogen (secondary N) is 2. The Morgan fingerprint density at radius 1 is 1.36 bits per heavy atom. The molecule has 1 unspecified atom stereocenters. The van der Waals surface area contributed by atoms with Gasteiger partial charge >= 0.3 is 6.36 Å². The van der Waals surface area contributed by atoms with Crippen LogP contribution in [0.15, 0.2) is 24.3 Å². The van der Waals surface area contributed by atoms with Crippen LogP contribution in [0.2, 0.25) is 0 Å². The van der Waals surface area contributed by atoms with E-state index in [-0.39, 0.29) is 17.1 Å². The molecule has 1 aromatic rings. The zero-order valence-corrected chi connectivity index (χ0v) is 12.3. The van der Waals surface area contributed by atoms with Crippen molar-refractivity contribution in [1.29, 1.82) is 0 Å². The molecule has 1 fully saturated rings. The van der Waals surface area contributed by atoms with E-state index >= 15 is 0 Å². The van der Waals surface area contributed by atoms with E-state index in [1.807, 2.05) is 0 Å². The third-order valence-corrected chi connectivity index (χ3v) is 3.71. The molecule has 1 saturated heterocycles. The quantitative estimate of drug-likeness (QED) is 0.898. The third-order valence-electron chi connectivity index (χ3n) is 3.71. The van der Waals surface area contributed by atoms with Gasteiger partial charge in [0, 0.05) is 18.7 Å². The maximum atomic E-state index is 12.1. The van der Waals surface area contributed by atoms with Crippen LogP contribution >= 0.6 is 0 Å². The van der Waals surface area contributed by atoms with Gasteiger partial charge < -0.3 is 15.4 Å². The van der Waals surface area contributed by atoms with Crippen molar-refractivity contribution in [3.05, 3.63) is 29.8 Å². The average Bonchev–Trinajstić information content (AvgIpc) is 2.45. The number of carbonyl (C=O) groups excluding carboxylic acids is 1. The highest BCUT2D eigenvalue weighted by Gasteiger charge is 2.31. The number of hydrogen-bond acceptors (Lipinski definition) is 3. The number of hydrogen-bond donors (Lipinski definition) is 2. The molecule has 7 heteroatoms. The van der Waals surface area contributed by atoms with Gasteiger partial charge in [-0.15, -0.1) is 13.2 Å².